The number of nitrogens with one attached hydrogen (secondary N) is 2. The van der Waals surface area contributed by atoms with Crippen molar-refractivity contribution in [2.45, 2.75) is 65.0 Å². The van der Waals surface area contributed by atoms with Gasteiger partial charge in [0.2, 0.25) is 0 Å². The van der Waals surface area contributed by atoms with Crippen molar-refractivity contribution in [2.24, 2.45) is 0 Å². The minimum atomic E-state index is -0.273. The molecular formula is C15H26N4O. The zero-order chi connectivity index (χ0) is 14.5. The molecule has 1 heterocycles. The summed E-state index contributed by atoms with van der Waals surface area (Å²) in [4.78, 5) is 8.95. The lowest BCUT2D eigenvalue weighted by molar-refractivity contribution is 0.116. The summed E-state index contributed by atoms with van der Waals surface area (Å²) in [7, 11) is 0. The van der Waals surface area contributed by atoms with Gasteiger partial charge in [-0.15, -0.1) is 0 Å². The Morgan fingerprint density at radius 2 is 1.85 bits per heavy atom. The van der Waals surface area contributed by atoms with Gasteiger partial charge in [-0.25, -0.2) is 9.97 Å². The highest BCUT2D eigenvalue weighted by Gasteiger charge is 2.24. The number of aliphatic hydroxyl groups is 1. The maximum atomic E-state index is 10.1. The van der Waals surface area contributed by atoms with Gasteiger partial charge >= 0.3 is 0 Å². The normalized spacial score (nSPS) is 22.6. The van der Waals surface area contributed by atoms with Gasteiger partial charge < -0.3 is 15.7 Å². The van der Waals surface area contributed by atoms with Crippen molar-refractivity contribution in [3.05, 3.63) is 11.4 Å². The van der Waals surface area contributed by atoms with Gasteiger partial charge in [-0.05, 0) is 33.1 Å². The number of hydrogen-bond acceptors (Lipinski definition) is 5. The van der Waals surface area contributed by atoms with Gasteiger partial charge in [0.25, 0.3) is 0 Å². The molecule has 20 heavy (non-hydrogen) atoms. The topological polar surface area (TPSA) is 70.1 Å². The fraction of sp³-hybridized carbons (Fsp3) is 0.733. The quantitative estimate of drug-likeness (QED) is 0.772. The number of anilines is 2. The molecule has 1 aromatic rings. The highest BCUT2D eigenvalue weighted by molar-refractivity contribution is 5.57. The zero-order valence-electron chi connectivity index (χ0n) is 12.7. The van der Waals surface area contributed by atoms with E-state index in [9.17, 15) is 5.11 Å². The molecule has 2 rings (SSSR count). The molecule has 1 saturated carbocycles. The van der Waals surface area contributed by atoms with Crippen LogP contribution in [0.4, 0.5) is 11.6 Å². The van der Waals surface area contributed by atoms with Crippen LogP contribution in [0.15, 0.2) is 0 Å². The SMILES string of the molecule is CCCNc1nc(C)nc(NC2CCCCC2O)c1C. The number of aryl methyl sites for hydroxylation is 1. The maximum Gasteiger partial charge on any atom is 0.135 e. The van der Waals surface area contributed by atoms with Crippen molar-refractivity contribution >= 4 is 11.6 Å². The lowest BCUT2D eigenvalue weighted by Crippen LogP contribution is -2.37. The number of rotatable bonds is 5. The first-order valence-corrected chi connectivity index (χ1v) is 7.65. The Kier molecular flexibility index (Phi) is 5.17. The summed E-state index contributed by atoms with van der Waals surface area (Å²) in [5, 5.41) is 16.8. The molecule has 0 radical (unpaired) electrons. The second kappa shape index (κ2) is 6.88. The third kappa shape index (κ3) is 3.60. The Labute approximate surface area is 121 Å². The van der Waals surface area contributed by atoms with Crippen LogP contribution in [0, 0.1) is 13.8 Å². The average Bonchev–Trinajstić information content (AvgIpc) is 2.43. The summed E-state index contributed by atoms with van der Waals surface area (Å²) in [5.41, 5.74) is 1.03. The van der Waals surface area contributed by atoms with E-state index < -0.39 is 0 Å². The number of aliphatic hydroxyl groups excluding tert-OH is 1. The highest BCUT2D eigenvalue weighted by Crippen LogP contribution is 2.25. The molecule has 1 aromatic heterocycles. The van der Waals surface area contributed by atoms with Gasteiger partial charge in [-0.2, -0.15) is 0 Å². The van der Waals surface area contributed by atoms with E-state index in [1.807, 2.05) is 13.8 Å². The van der Waals surface area contributed by atoms with E-state index in [1.165, 1.54) is 6.42 Å². The van der Waals surface area contributed by atoms with Crippen molar-refractivity contribution < 1.29 is 5.11 Å². The molecule has 0 spiro atoms. The van der Waals surface area contributed by atoms with Crippen LogP contribution >= 0.6 is 0 Å². The van der Waals surface area contributed by atoms with E-state index in [0.29, 0.717) is 0 Å². The predicted octanol–water partition coefficient (Wildman–Crippen LogP) is 2.63. The fourth-order valence-electron chi connectivity index (χ4n) is 2.64. The van der Waals surface area contributed by atoms with Crippen LogP contribution in [0.25, 0.3) is 0 Å². The van der Waals surface area contributed by atoms with Crippen molar-refractivity contribution in [3.63, 3.8) is 0 Å². The largest absolute Gasteiger partial charge is 0.391 e. The molecule has 0 bridgehead atoms. The van der Waals surface area contributed by atoms with Crippen LogP contribution in [0.2, 0.25) is 0 Å². The van der Waals surface area contributed by atoms with E-state index >= 15 is 0 Å². The first-order valence-electron chi connectivity index (χ1n) is 7.65. The molecule has 1 aliphatic rings. The molecule has 1 aliphatic carbocycles. The lowest BCUT2D eigenvalue weighted by atomic mass is 9.92. The molecule has 1 fully saturated rings. The Hall–Kier alpha value is -1.36. The van der Waals surface area contributed by atoms with Gasteiger partial charge in [0, 0.05) is 12.1 Å². The van der Waals surface area contributed by atoms with Crippen LogP contribution in [0.3, 0.4) is 0 Å². The Balaban J connectivity index is 2.15. The van der Waals surface area contributed by atoms with Crippen LogP contribution in [-0.4, -0.2) is 33.8 Å². The first-order chi connectivity index (χ1) is 9.61. The summed E-state index contributed by atoms with van der Waals surface area (Å²) in [6.07, 6.45) is 4.95. The number of aromatic nitrogens is 2. The van der Waals surface area contributed by atoms with E-state index in [4.69, 9.17) is 0 Å². The van der Waals surface area contributed by atoms with Crippen molar-refractivity contribution in [1.82, 2.24) is 9.97 Å². The summed E-state index contributed by atoms with van der Waals surface area (Å²) in [6.45, 7) is 6.96. The second-order valence-electron chi connectivity index (χ2n) is 5.62. The molecule has 0 aliphatic heterocycles. The van der Waals surface area contributed by atoms with Crippen molar-refractivity contribution in [3.8, 4) is 0 Å². The van der Waals surface area contributed by atoms with Crippen LogP contribution < -0.4 is 10.6 Å². The van der Waals surface area contributed by atoms with E-state index in [0.717, 1.165) is 55.3 Å². The predicted molar refractivity (Wildman–Crippen MR) is 82.2 cm³/mol. The summed E-state index contributed by atoms with van der Waals surface area (Å²) in [5.74, 6) is 2.50. The smallest absolute Gasteiger partial charge is 0.135 e. The first kappa shape index (κ1) is 15.0. The minimum absolute atomic E-state index is 0.107. The molecule has 5 nitrogen and oxygen atoms in total. The fourth-order valence-corrected chi connectivity index (χ4v) is 2.64. The van der Waals surface area contributed by atoms with E-state index in [1.54, 1.807) is 0 Å². The van der Waals surface area contributed by atoms with Crippen LogP contribution in [0.1, 0.15) is 50.4 Å². The van der Waals surface area contributed by atoms with Crippen LogP contribution in [0.5, 0.6) is 0 Å². The third-order valence-electron chi connectivity index (χ3n) is 3.85. The van der Waals surface area contributed by atoms with Gasteiger partial charge in [-0.1, -0.05) is 19.8 Å². The second-order valence-corrected chi connectivity index (χ2v) is 5.62. The zero-order valence-corrected chi connectivity index (χ0v) is 12.7. The van der Waals surface area contributed by atoms with E-state index in [-0.39, 0.29) is 12.1 Å². The van der Waals surface area contributed by atoms with Crippen molar-refractivity contribution in [2.75, 3.05) is 17.2 Å². The molecular weight excluding hydrogens is 252 g/mol. The number of hydrogen-bond donors (Lipinski definition) is 3. The molecule has 2 unspecified atom stereocenters. The molecule has 0 amide bonds. The highest BCUT2D eigenvalue weighted by atomic mass is 16.3. The summed E-state index contributed by atoms with van der Waals surface area (Å²) in [6, 6.07) is 0.107. The Morgan fingerprint density at radius 1 is 1.15 bits per heavy atom. The standard InChI is InChI=1S/C15H26N4O/c1-4-9-16-14-10(2)15(18-11(3)17-14)19-12-7-5-6-8-13(12)20/h12-13,20H,4-9H2,1-3H3,(H2,16,17,18,19). The summed E-state index contributed by atoms with van der Waals surface area (Å²) < 4.78 is 0. The van der Waals surface area contributed by atoms with Gasteiger partial charge in [0.15, 0.2) is 0 Å². The molecule has 0 aromatic carbocycles. The van der Waals surface area contributed by atoms with Crippen molar-refractivity contribution in [1.29, 1.82) is 0 Å². The lowest BCUT2D eigenvalue weighted by Gasteiger charge is -2.29. The molecule has 112 valence electrons. The molecule has 2 atom stereocenters. The molecule has 3 N–H and O–H groups in total. The maximum absolute atomic E-state index is 10.1. The van der Waals surface area contributed by atoms with Crippen LogP contribution in [-0.2, 0) is 0 Å². The molecule has 5 heteroatoms. The van der Waals surface area contributed by atoms with Gasteiger partial charge in [0.05, 0.1) is 12.1 Å². The van der Waals surface area contributed by atoms with E-state index in [2.05, 4.69) is 27.5 Å². The number of nitrogens with zero attached hydrogens (tertiary/aromatic N) is 2. The van der Waals surface area contributed by atoms with Gasteiger partial charge in [0.1, 0.15) is 17.5 Å². The minimum Gasteiger partial charge on any atom is -0.391 e. The Bertz CT molecular complexity index is 450. The molecule has 0 saturated heterocycles. The Morgan fingerprint density at radius 3 is 2.55 bits per heavy atom. The third-order valence-corrected chi connectivity index (χ3v) is 3.85. The summed E-state index contributed by atoms with van der Waals surface area (Å²) >= 11 is 0. The van der Waals surface area contributed by atoms with Gasteiger partial charge in [-0.3, -0.25) is 0 Å². The average molecular weight is 278 g/mol. The monoisotopic (exact) mass is 278 g/mol.